The second-order valence-corrected chi connectivity index (χ2v) is 6.48. The highest BCUT2D eigenvalue weighted by molar-refractivity contribution is 9.10. The summed E-state index contributed by atoms with van der Waals surface area (Å²) in [6, 6.07) is 15.6. The molecule has 1 saturated carbocycles. The predicted molar refractivity (Wildman–Crippen MR) is 83.1 cm³/mol. The Morgan fingerprint density at radius 3 is 2.65 bits per heavy atom. The molecule has 104 valence electrons. The van der Waals surface area contributed by atoms with Gasteiger partial charge in [0.05, 0.1) is 0 Å². The summed E-state index contributed by atoms with van der Waals surface area (Å²) in [6.07, 6.45) is 1.87. The Morgan fingerprint density at radius 1 is 1.20 bits per heavy atom. The maximum Gasteiger partial charge on any atom is 0.124 e. The summed E-state index contributed by atoms with van der Waals surface area (Å²) in [5, 5.41) is 0. The van der Waals surface area contributed by atoms with Gasteiger partial charge in [-0.05, 0) is 54.0 Å². The van der Waals surface area contributed by atoms with Crippen molar-refractivity contribution in [2.24, 2.45) is 11.7 Å². The maximum atomic E-state index is 13.4. The van der Waals surface area contributed by atoms with E-state index in [9.17, 15) is 4.39 Å². The fourth-order valence-corrected chi connectivity index (χ4v) is 3.44. The molecule has 0 radical (unpaired) electrons. The standard InChI is InChI=1S/C17H17BrFN/c18-13-6-11(7-14(19)9-13)8-17(20)16-10-15(16)12-4-2-1-3-5-12/h1-7,9,15-17H,8,10,20H2. The summed E-state index contributed by atoms with van der Waals surface area (Å²) in [7, 11) is 0. The van der Waals surface area contributed by atoms with Crippen LogP contribution in [0.1, 0.15) is 23.5 Å². The maximum absolute atomic E-state index is 13.4. The van der Waals surface area contributed by atoms with Gasteiger partial charge in [0, 0.05) is 10.5 Å². The van der Waals surface area contributed by atoms with Crippen molar-refractivity contribution >= 4 is 15.9 Å². The highest BCUT2D eigenvalue weighted by Crippen LogP contribution is 2.49. The first-order valence-corrected chi connectivity index (χ1v) is 7.68. The topological polar surface area (TPSA) is 26.0 Å². The number of rotatable bonds is 4. The molecule has 0 heterocycles. The van der Waals surface area contributed by atoms with Crippen LogP contribution in [0.2, 0.25) is 0 Å². The van der Waals surface area contributed by atoms with Crippen molar-refractivity contribution in [1.82, 2.24) is 0 Å². The van der Waals surface area contributed by atoms with Crippen molar-refractivity contribution in [2.45, 2.75) is 24.8 Å². The average Bonchev–Trinajstić information content (AvgIpc) is 3.18. The lowest BCUT2D eigenvalue weighted by atomic mass is 9.99. The van der Waals surface area contributed by atoms with Gasteiger partial charge in [0.15, 0.2) is 0 Å². The lowest BCUT2D eigenvalue weighted by Gasteiger charge is -2.12. The number of hydrogen-bond acceptors (Lipinski definition) is 1. The minimum Gasteiger partial charge on any atom is -0.327 e. The largest absolute Gasteiger partial charge is 0.327 e. The van der Waals surface area contributed by atoms with Gasteiger partial charge in [0.2, 0.25) is 0 Å². The lowest BCUT2D eigenvalue weighted by Crippen LogP contribution is -2.26. The molecule has 3 unspecified atom stereocenters. The Kier molecular flexibility index (Phi) is 3.90. The fraction of sp³-hybridized carbons (Fsp3) is 0.294. The van der Waals surface area contributed by atoms with E-state index in [2.05, 4.69) is 40.2 Å². The molecule has 0 amide bonds. The zero-order chi connectivity index (χ0) is 14.1. The number of hydrogen-bond donors (Lipinski definition) is 1. The molecule has 1 aliphatic carbocycles. The Labute approximate surface area is 127 Å². The third-order valence-corrected chi connectivity index (χ3v) is 4.47. The summed E-state index contributed by atoms with van der Waals surface area (Å²) >= 11 is 3.32. The van der Waals surface area contributed by atoms with Crippen LogP contribution in [-0.2, 0) is 6.42 Å². The molecular weight excluding hydrogens is 317 g/mol. The highest BCUT2D eigenvalue weighted by Gasteiger charge is 2.42. The minimum atomic E-state index is -0.211. The van der Waals surface area contributed by atoms with Crippen molar-refractivity contribution in [3.63, 3.8) is 0 Å². The van der Waals surface area contributed by atoms with Crippen molar-refractivity contribution in [1.29, 1.82) is 0 Å². The summed E-state index contributed by atoms with van der Waals surface area (Å²) in [4.78, 5) is 0. The van der Waals surface area contributed by atoms with E-state index in [0.717, 1.165) is 22.9 Å². The number of nitrogens with two attached hydrogens (primary N) is 1. The number of benzene rings is 2. The molecule has 0 aliphatic heterocycles. The minimum absolute atomic E-state index is 0.0916. The lowest BCUT2D eigenvalue weighted by molar-refractivity contribution is 0.572. The normalized spacial score (nSPS) is 22.6. The highest BCUT2D eigenvalue weighted by atomic mass is 79.9. The van der Waals surface area contributed by atoms with Crippen molar-refractivity contribution in [3.8, 4) is 0 Å². The molecule has 0 saturated heterocycles. The summed E-state index contributed by atoms with van der Waals surface area (Å²) in [6.45, 7) is 0. The van der Waals surface area contributed by atoms with Crippen molar-refractivity contribution in [3.05, 3.63) is 69.9 Å². The van der Waals surface area contributed by atoms with Gasteiger partial charge in [-0.1, -0.05) is 46.3 Å². The Bertz CT molecular complexity index is 579. The second kappa shape index (κ2) is 5.66. The van der Waals surface area contributed by atoms with Gasteiger partial charge in [-0.3, -0.25) is 0 Å². The second-order valence-electron chi connectivity index (χ2n) is 5.56. The molecule has 3 rings (SSSR count). The van der Waals surface area contributed by atoms with Gasteiger partial charge in [0.25, 0.3) is 0 Å². The molecule has 1 aliphatic rings. The monoisotopic (exact) mass is 333 g/mol. The molecule has 0 bridgehead atoms. The van der Waals surface area contributed by atoms with Crippen LogP contribution in [0, 0.1) is 11.7 Å². The molecule has 2 aromatic rings. The van der Waals surface area contributed by atoms with E-state index in [1.807, 2.05) is 12.1 Å². The van der Waals surface area contributed by atoms with Crippen LogP contribution < -0.4 is 5.73 Å². The molecule has 1 nitrogen and oxygen atoms in total. The van der Waals surface area contributed by atoms with Crippen LogP contribution >= 0.6 is 15.9 Å². The molecule has 20 heavy (non-hydrogen) atoms. The molecule has 3 heteroatoms. The van der Waals surface area contributed by atoms with Crippen LogP contribution in [0.3, 0.4) is 0 Å². The Hall–Kier alpha value is -1.19. The van der Waals surface area contributed by atoms with E-state index in [1.54, 1.807) is 6.07 Å². The molecule has 1 fully saturated rings. The van der Waals surface area contributed by atoms with E-state index in [4.69, 9.17) is 5.73 Å². The molecule has 0 aromatic heterocycles. The SMILES string of the molecule is NC(Cc1cc(F)cc(Br)c1)C1CC1c1ccccc1. The van der Waals surface area contributed by atoms with Gasteiger partial charge in [-0.15, -0.1) is 0 Å². The van der Waals surface area contributed by atoms with Gasteiger partial charge in [0.1, 0.15) is 5.82 Å². The summed E-state index contributed by atoms with van der Waals surface area (Å²) in [5.74, 6) is 0.875. The van der Waals surface area contributed by atoms with E-state index in [1.165, 1.54) is 11.6 Å². The number of halogens is 2. The smallest absolute Gasteiger partial charge is 0.124 e. The molecule has 3 atom stereocenters. The third-order valence-electron chi connectivity index (χ3n) is 4.01. The average molecular weight is 334 g/mol. The summed E-state index contributed by atoms with van der Waals surface area (Å²) in [5.41, 5.74) is 8.63. The first kappa shape index (κ1) is 13.8. The van der Waals surface area contributed by atoms with Crippen LogP contribution in [-0.4, -0.2) is 6.04 Å². The van der Waals surface area contributed by atoms with Crippen LogP contribution in [0.5, 0.6) is 0 Å². The predicted octanol–water partition coefficient (Wildman–Crippen LogP) is 4.26. The van der Waals surface area contributed by atoms with Gasteiger partial charge >= 0.3 is 0 Å². The van der Waals surface area contributed by atoms with Crippen molar-refractivity contribution in [2.75, 3.05) is 0 Å². The molecule has 2 aromatic carbocycles. The van der Waals surface area contributed by atoms with Crippen LogP contribution in [0.25, 0.3) is 0 Å². The first-order valence-electron chi connectivity index (χ1n) is 6.89. The molecular formula is C17H17BrFN. The first-order chi connectivity index (χ1) is 9.63. The van der Waals surface area contributed by atoms with E-state index in [-0.39, 0.29) is 11.9 Å². The van der Waals surface area contributed by atoms with E-state index >= 15 is 0 Å². The van der Waals surface area contributed by atoms with Gasteiger partial charge in [-0.25, -0.2) is 4.39 Å². The quantitative estimate of drug-likeness (QED) is 0.888. The van der Waals surface area contributed by atoms with Crippen LogP contribution in [0.15, 0.2) is 53.0 Å². The zero-order valence-corrected chi connectivity index (χ0v) is 12.7. The zero-order valence-electron chi connectivity index (χ0n) is 11.1. The summed E-state index contributed by atoms with van der Waals surface area (Å²) < 4.78 is 14.1. The third kappa shape index (κ3) is 3.10. The van der Waals surface area contributed by atoms with E-state index in [0.29, 0.717) is 11.8 Å². The van der Waals surface area contributed by atoms with Crippen molar-refractivity contribution < 1.29 is 4.39 Å². The Balaban J connectivity index is 1.65. The van der Waals surface area contributed by atoms with Crippen LogP contribution in [0.4, 0.5) is 4.39 Å². The fourth-order valence-electron chi connectivity index (χ4n) is 2.92. The molecule has 0 spiro atoms. The molecule has 2 N–H and O–H groups in total. The van der Waals surface area contributed by atoms with Gasteiger partial charge in [-0.2, -0.15) is 0 Å². The van der Waals surface area contributed by atoms with Gasteiger partial charge < -0.3 is 5.73 Å². The Morgan fingerprint density at radius 2 is 1.95 bits per heavy atom. The van der Waals surface area contributed by atoms with E-state index < -0.39 is 0 Å².